The third kappa shape index (κ3) is 4.75. The Morgan fingerprint density at radius 2 is 2.03 bits per heavy atom. The Balaban J connectivity index is 1.30. The molecule has 6 heteroatoms. The summed E-state index contributed by atoms with van der Waals surface area (Å²) in [6.07, 6.45) is 1.48. The smallest absolute Gasteiger partial charge is 0.263 e. The number of rotatable bonds is 6. The Labute approximate surface area is 171 Å². The highest BCUT2D eigenvalue weighted by atomic mass is 16.7. The van der Waals surface area contributed by atoms with E-state index in [0.29, 0.717) is 36.3 Å². The summed E-state index contributed by atoms with van der Waals surface area (Å²) in [7, 11) is 0. The highest BCUT2D eigenvalue weighted by Crippen LogP contribution is 2.35. The minimum absolute atomic E-state index is 0.00271. The molecule has 0 spiro atoms. The van der Waals surface area contributed by atoms with Crippen molar-refractivity contribution in [2.75, 3.05) is 26.5 Å². The van der Waals surface area contributed by atoms with Crippen LogP contribution in [0.25, 0.3) is 0 Å². The summed E-state index contributed by atoms with van der Waals surface area (Å²) < 4.78 is 22.5. The molecule has 154 valence electrons. The quantitative estimate of drug-likeness (QED) is 0.742. The number of aryl methyl sites for hydroxylation is 1. The summed E-state index contributed by atoms with van der Waals surface area (Å²) in [5, 5.41) is 0. The lowest BCUT2D eigenvalue weighted by molar-refractivity contribution is -0.140. The fourth-order valence-corrected chi connectivity index (χ4v) is 3.78. The molecule has 2 aliphatic heterocycles. The van der Waals surface area contributed by atoms with Crippen molar-refractivity contribution in [1.29, 1.82) is 0 Å². The van der Waals surface area contributed by atoms with Gasteiger partial charge in [-0.2, -0.15) is 0 Å². The number of carbonyl (C=O) groups is 1. The Bertz CT molecular complexity index is 868. The van der Waals surface area contributed by atoms with E-state index in [1.807, 2.05) is 23.1 Å². The first-order valence-corrected chi connectivity index (χ1v) is 10.1. The van der Waals surface area contributed by atoms with Gasteiger partial charge in [0, 0.05) is 25.1 Å². The molecule has 2 unspecified atom stereocenters. The third-order valence-electron chi connectivity index (χ3n) is 5.31. The van der Waals surface area contributed by atoms with E-state index < -0.39 is 6.10 Å². The van der Waals surface area contributed by atoms with Gasteiger partial charge < -0.3 is 23.8 Å². The fourth-order valence-electron chi connectivity index (χ4n) is 3.78. The second-order valence-electron chi connectivity index (χ2n) is 7.70. The number of nitrogens with zero attached hydrogens (tertiary/aromatic N) is 1. The van der Waals surface area contributed by atoms with Gasteiger partial charge in [-0.15, -0.1) is 0 Å². The summed E-state index contributed by atoms with van der Waals surface area (Å²) >= 11 is 0. The second kappa shape index (κ2) is 8.64. The van der Waals surface area contributed by atoms with Crippen molar-refractivity contribution in [2.24, 2.45) is 5.92 Å². The van der Waals surface area contributed by atoms with Crippen LogP contribution in [0.3, 0.4) is 0 Å². The van der Waals surface area contributed by atoms with E-state index in [4.69, 9.17) is 18.9 Å². The van der Waals surface area contributed by atoms with Gasteiger partial charge in [0.05, 0.1) is 6.61 Å². The molecule has 0 radical (unpaired) electrons. The van der Waals surface area contributed by atoms with E-state index in [1.54, 1.807) is 25.1 Å². The lowest BCUT2D eigenvalue weighted by atomic mass is 9.98. The van der Waals surface area contributed by atoms with Crippen LogP contribution < -0.4 is 18.9 Å². The zero-order valence-corrected chi connectivity index (χ0v) is 16.9. The van der Waals surface area contributed by atoms with Crippen LogP contribution in [0, 0.1) is 12.8 Å². The Morgan fingerprint density at radius 3 is 2.90 bits per heavy atom. The molecule has 0 saturated carbocycles. The van der Waals surface area contributed by atoms with Crippen molar-refractivity contribution in [3.8, 4) is 23.0 Å². The normalized spacial score (nSPS) is 19.0. The molecule has 0 aromatic heterocycles. The number of piperidine rings is 1. The van der Waals surface area contributed by atoms with Gasteiger partial charge in [-0.25, -0.2) is 0 Å². The summed E-state index contributed by atoms with van der Waals surface area (Å²) in [5.74, 6) is 3.16. The largest absolute Gasteiger partial charge is 0.493 e. The van der Waals surface area contributed by atoms with Crippen molar-refractivity contribution < 1.29 is 23.7 Å². The summed E-state index contributed by atoms with van der Waals surface area (Å²) in [4.78, 5) is 14.8. The van der Waals surface area contributed by atoms with Gasteiger partial charge in [-0.1, -0.05) is 12.1 Å². The average Bonchev–Trinajstić information content (AvgIpc) is 3.20. The van der Waals surface area contributed by atoms with Crippen LogP contribution in [0.4, 0.5) is 0 Å². The van der Waals surface area contributed by atoms with Crippen molar-refractivity contribution in [3.63, 3.8) is 0 Å². The number of hydrogen-bond donors (Lipinski definition) is 0. The number of fused-ring (bicyclic) bond motifs is 1. The number of amides is 1. The fraction of sp³-hybridized carbons (Fsp3) is 0.435. The van der Waals surface area contributed by atoms with E-state index in [2.05, 4.69) is 13.0 Å². The second-order valence-corrected chi connectivity index (χ2v) is 7.70. The SMILES string of the molecule is Cc1cccc(OCC2CCCN(C(=O)C(C)Oc3ccc4c(c3)OCO4)C2)c1. The molecule has 4 rings (SSSR count). The van der Waals surface area contributed by atoms with Crippen LogP contribution in [-0.2, 0) is 4.79 Å². The zero-order chi connectivity index (χ0) is 20.2. The lowest BCUT2D eigenvalue weighted by Gasteiger charge is -2.34. The molecule has 2 aliphatic rings. The van der Waals surface area contributed by atoms with Crippen molar-refractivity contribution in [3.05, 3.63) is 48.0 Å². The maximum Gasteiger partial charge on any atom is 0.263 e. The Morgan fingerprint density at radius 1 is 1.17 bits per heavy atom. The van der Waals surface area contributed by atoms with Crippen molar-refractivity contribution in [1.82, 2.24) is 4.90 Å². The summed E-state index contributed by atoms with van der Waals surface area (Å²) in [6.45, 7) is 6.13. The molecule has 1 amide bonds. The van der Waals surface area contributed by atoms with Gasteiger partial charge in [0.15, 0.2) is 17.6 Å². The number of hydrogen-bond acceptors (Lipinski definition) is 5. The molecular formula is C23H27NO5. The minimum Gasteiger partial charge on any atom is -0.493 e. The van der Waals surface area contributed by atoms with E-state index in [-0.39, 0.29) is 12.7 Å². The van der Waals surface area contributed by atoms with E-state index in [0.717, 1.165) is 25.1 Å². The Hall–Kier alpha value is -2.89. The number of ether oxygens (including phenoxy) is 4. The molecule has 2 aromatic rings. The van der Waals surface area contributed by atoms with Crippen LogP contribution >= 0.6 is 0 Å². The van der Waals surface area contributed by atoms with Crippen LogP contribution in [0.1, 0.15) is 25.3 Å². The molecule has 0 aliphatic carbocycles. The van der Waals surface area contributed by atoms with Crippen LogP contribution in [-0.4, -0.2) is 43.4 Å². The number of benzene rings is 2. The van der Waals surface area contributed by atoms with Gasteiger partial charge in [0.1, 0.15) is 11.5 Å². The maximum atomic E-state index is 12.9. The van der Waals surface area contributed by atoms with E-state index in [1.165, 1.54) is 5.56 Å². The summed E-state index contributed by atoms with van der Waals surface area (Å²) in [6, 6.07) is 13.4. The first kappa shape index (κ1) is 19.4. The summed E-state index contributed by atoms with van der Waals surface area (Å²) in [5.41, 5.74) is 1.18. The standard InChI is InChI=1S/C23H27NO5/c1-16-5-3-7-19(11-16)26-14-18-6-4-10-24(13-18)23(25)17(2)29-20-8-9-21-22(12-20)28-15-27-21/h3,5,7-9,11-12,17-18H,4,6,10,13-15H2,1-2H3. The molecule has 2 heterocycles. The number of carbonyl (C=O) groups excluding carboxylic acids is 1. The molecule has 2 aromatic carbocycles. The van der Waals surface area contributed by atoms with Gasteiger partial charge in [0.25, 0.3) is 5.91 Å². The van der Waals surface area contributed by atoms with Crippen LogP contribution in [0.15, 0.2) is 42.5 Å². The first-order valence-electron chi connectivity index (χ1n) is 10.1. The van der Waals surface area contributed by atoms with Gasteiger partial charge >= 0.3 is 0 Å². The molecule has 1 saturated heterocycles. The molecule has 0 N–H and O–H groups in total. The van der Waals surface area contributed by atoms with Gasteiger partial charge in [0.2, 0.25) is 6.79 Å². The monoisotopic (exact) mass is 397 g/mol. The van der Waals surface area contributed by atoms with Crippen molar-refractivity contribution in [2.45, 2.75) is 32.8 Å². The predicted octanol–water partition coefficient (Wildman–Crippen LogP) is 3.81. The zero-order valence-electron chi connectivity index (χ0n) is 16.9. The van der Waals surface area contributed by atoms with E-state index >= 15 is 0 Å². The van der Waals surface area contributed by atoms with Crippen LogP contribution in [0.5, 0.6) is 23.0 Å². The molecule has 0 bridgehead atoms. The molecule has 29 heavy (non-hydrogen) atoms. The maximum absolute atomic E-state index is 12.9. The predicted molar refractivity (Wildman–Crippen MR) is 109 cm³/mol. The topological polar surface area (TPSA) is 57.2 Å². The highest BCUT2D eigenvalue weighted by molar-refractivity contribution is 5.81. The molecule has 1 fully saturated rings. The molecule has 6 nitrogen and oxygen atoms in total. The van der Waals surface area contributed by atoms with Crippen molar-refractivity contribution >= 4 is 5.91 Å². The molecule has 2 atom stereocenters. The number of likely N-dealkylation sites (tertiary alicyclic amines) is 1. The van der Waals surface area contributed by atoms with E-state index in [9.17, 15) is 4.79 Å². The third-order valence-corrected chi connectivity index (χ3v) is 5.31. The highest BCUT2D eigenvalue weighted by Gasteiger charge is 2.28. The first-order chi connectivity index (χ1) is 14.1. The minimum atomic E-state index is -0.563. The molecular weight excluding hydrogens is 370 g/mol. The van der Waals surface area contributed by atoms with Gasteiger partial charge in [-0.3, -0.25) is 4.79 Å². The lowest BCUT2D eigenvalue weighted by Crippen LogP contribution is -2.46. The van der Waals surface area contributed by atoms with Gasteiger partial charge in [-0.05, 0) is 56.5 Å². The average molecular weight is 397 g/mol. The Kier molecular flexibility index (Phi) is 5.79. The van der Waals surface area contributed by atoms with Crippen LogP contribution in [0.2, 0.25) is 0 Å².